The Hall–Kier alpha value is -1.75. The molecule has 18 heavy (non-hydrogen) atoms. The highest BCUT2D eigenvalue weighted by Gasteiger charge is 2.05. The lowest BCUT2D eigenvalue weighted by Gasteiger charge is -2.03. The molecule has 0 saturated heterocycles. The van der Waals surface area contributed by atoms with Gasteiger partial charge in [0, 0.05) is 19.2 Å². The van der Waals surface area contributed by atoms with Gasteiger partial charge in [0.1, 0.15) is 5.76 Å². The highest BCUT2D eigenvalue weighted by molar-refractivity contribution is 6.31. The van der Waals surface area contributed by atoms with E-state index in [1.54, 1.807) is 23.2 Å². The van der Waals surface area contributed by atoms with Crippen molar-refractivity contribution in [2.75, 3.05) is 0 Å². The van der Waals surface area contributed by atoms with Crippen LogP contribution in [-0.4, -0.2) is 15.7 Å². The SMILES string of the molecule is Cc1nn(CCC(=O)NCc2ccco2)cc1Cl. The van der Waals surface area contributed by atoms with Crippen LogP contribution in [0.4, 0.5) is 0 Å². The second kappa shape index (κ2) is 5.73. The number of nitrogens with one attached hydrogen (secondary N) is 1. The van der Waals surface area contributed by atoms with Crippen molar-refractivity contribution in [3.05, 3.63) is 41.1 Å². The molecule has 0 bridgehead atoms. The normalized spacial score (nSPS) is 10.6. The third-order valence-corrected chi connectivity index (χ3v) is 2.87. The molecule has 0 radical (unpaired) electrons. The quantitative estimate of drug-likeness (QED) is 0.903. The lowest BCUT2D eigenvalue weighted by molar-refractivity contribution is -0.121. The fourth-order valence-electron chi connectivity index (χ4n) is 1.51. The Bertz CT molecular complexity index is 500. The van der Waals surface area contributed by atoms with Crippen molar-refractivity contribution in [2.45, 2.75) is 26.4 Å². The van der Waals surface area contributed by atoms with Crippen molar-refractivity contribution in [1.29, 1.82) is 0 Å². The van der Waals surface area contributed by atoms with E-state index in [1.807, 2.05) is 13.0 Å². The minimum absolute atomic E-state index is 0.0457. The van der Waals surface area contributed by atoms with Crippen molar-refractivity contribution in [3.63, 3.8) is 0 Å². The molecule has 0 spiro atoms. The van der Waals surface area contributed by atoms with Crippen LogP contribution in [0.2, 0.25) is 5.02 Å². The minimum atomic E-state index is -0.0457. The third-order valence-electron chi connectivity index (χ3n) is 2.49. The van der Waals surface area contributed by atoms with Crippen molar-refractivity contribution in [2.24, 2.45) is 0 Å². The Balaban J connectivity index is 1.74. The maximum atomic E-state index is 11.6. The number of aromatic nitrogens is 2. The molecule has 0 aliphatic rings. The average molecular weight is 268 g/mol. The van der Waals surface area contributed by atoms with Gasteiger partial charge < -0.3 is 9.73 Å². The second-order valence-corrected chi connectivity index (χ2v) is 4.34. The monoisotopic (exact) mass is 267 g/mol. The van der Waals surface area contributed by atoms with Crippen LogP contribution in [0.3, 0.4) is 0 Å². The van der Waals surface area contributed by atoms with Gasteiger partial charge in [-0.05, 0) is 19.1 Å². The fourth-order valence-corrected chi connectivity index (χ4v) is 1.66. The Labute approximate surface area is 110 Å². The maximum absolute atomic E-state index is 11.6. The zero-order chi connectivity index (χ0) is 13.0. The summed E-state index contributed by atoms with van der Waals surface area (Å²) in [5, 5.41) is 7.57. The van der Waals surface area contributed by atoms with Gasteiger partial charge in [0.15, 0.2) is 0 Å². The Morgan fingerprint density at radius 1 is 1.61 bits per heavy atom. The first-order valence-electron chi connectivity index (χ1n) is 5.64. The zero-order valence-electron chi connectivity index (χ0n) is 10.0. The predicted octanol–water partition coefficient (Wildman–Crippen LogP) is 2.14. The van der Waals surface area contributed by atoms with E-state index in [2.05, 4.69) is 10.4 Å². The molecule has 5 nitrogen and oxygen atoms in total. The minimum Gasteiger partial charge on any atom is -0.467 e. The molecular formula is C12H14ClN3O2. The number of furan rings is 1. The molecule has 0 aromatic carbocycles. The van der Waals surface area contributed by atoms with Gasteiger partial charge in [-0.15, -0.1) is 0 Å². The first-order chi connectivity index (χ1) is 8.65. The Morgan fingerprint density at radius 2 is 2.44 bits per heavy atom. The highest BCUT2D eigenvalue weighted by atomic mass is 35.5. The van der Waals surface area contributed by atoms with E-state index >= 15 is 0 Å². The number of carbonyl (C=O) groups excluding carboxylic acids is 1. The van der Waals surface area contributed by atoms with Gasteiger partial charge in [0.25, 0.3) is 0 Å². The third kappa shape index (κ3) is 3.37. The largest absolute Gasteiger partial charge is 0.467 e. The zero-order valence-corrected chi connectivity index (χ0v) is 10.8. The van der Waals surface area contributed by atoms with Gasteiger partial charge in [-0.3, -0.25) is 9.48 Å². The van der Waals surface area contributed by atoms with Gasteiger partial charge in [0.2, 0.25) is 5.91 Å². The number of carbonyl (C=O) groups is 1. The molecule has 1 amide bonds. The van der Waals surface area contributed by atoms with E-state index in [9.17, 15) is 4.79 Å². The molecule has 2 aromatic rings. The van der Waals surface area contributed by atoms with Crippen molar-refractivity contribution >= 4 is 17.5 Å². The van der Waals surface area contributed by atoms with Gasteiger partial charge in [-0.1, -0.05) is 11.6 Å². The molecule has 0 atom stereocenters. The maximum Gasteiger partial charge on any atom is 0.222 e. The van der Waals surface area contributed by atoms with Crippen LogP contribution in [0.15, 0.2) is 29.0 Å². The molecule has 0 fully saturated rings. The number of hydrogen-bond donors (Lipinski definition) is 1. The Morgan fingerprint density at radius 3 is 3.06 bits per heavy atom. The summed E-state index contributed by atoms with van der Waals surface area (Å²) in [6.07, 6.45) is 3.66. The van der Waals surface area contributed by atoms with E-state index in [0.717, 1.165) is 11.5 Å². The molecule has 2 aromatic heterocycles. The van der Waals surface area contributed by atoms with Crippen LogP contribution in [0.1, 0.15) is 17.9 Å². The van der Waals surface area contributed by atoms with Gasteiger partial charge in [0.05, 0.1) is 23.5 Å². The smallest absolute Gasteiger partial charge is 0.222 e. The number of aryl methyl sites for hydroxylation is 2. The van der Waals surface area contributed by atoms with E-state index in [4.69, 9.17) is 16.0 Å². The molecule has 0 aliphatic carbocycles. The fraction of sp³-hybridized carbons (Fsp3) is 0.333. The van der Waals surface area contributed by atoms with E-state index < -0.39 is 0 Å². The summed E-state index contributed by atoms with van der Waals surface area (Å²) >= 11 is 5.88. The summed E-state index contributed by atoms with van der Waals surface area (Å²) in [4.78, 5) is 11.6. The molecule has 96 valence electrons. The van der Waals surface area contributed by atoms with Gasteiger partial charge >= 0.3 is 0 Å². The highest BCUT2D eigenvalue weighted by Crippen LogP contribution is 2.12. The summed E-state index contributed by atoms with van der Waals surface area (Å²) in [6, 6.07) is 3.60. The number of amides is 1. The van der Waals surface area contributed by atoms with Crippen LogP contribution in [0.5, 0.6) is 0 Å². The summed E-state index contributed by atoms with van der Waals surface area (Å²) in [7, 11) is 0. The van der Waals surface area contributed by atoms with E-state index in [-0.39, 0.29) is 5.91 Å². The van der Waals surface area contributed by atoms with Gasteiger partial charge in [-0.2, -0.15) is 5.10 Å². The average Bonchev–Trinajstić information content (AvgIpc) is 2.95. The summed E-state index contributed by atoms with van der Waals surface area (Å²) in [5.41, 5.74) is 0.771. The molecular weight excluding hydrogens is 254 g/mol. The summed E-state index contributed by atoms with van der Waals surface area (Å²) < 4.78 is 6.79. The van der Waals surface area contributed by atoms with Crippen LogP contribution in [-0.2, 0) is 17.9 Å². The van der Waals surface area contributed by atoms with E-state index in [1.165, 1.54) is 0 Å². The number of hydrogen-bond acceptors (Lipinski definition) is 3. The number of halogens is 1. The van der Waals surface area contributed by atoms with Crippen molar-refractivity contribution in [1.82, 2.24) is 15.1 Å². The lowest BCUT2D eigenvalue weighted by atomic mass is 10.3. The topological polar surface area (TPSA) is 60.1 Å². The molecule has 0 saturated carbocycles. The molecule has 0 unspecified atom stereocenters. The van der Waals surface area contributed by atoms with E-state index in [0.29, 0.717) is 24.5 Å². The van der Waals surface area contributed by atoms with Crippen LogP contribution >= 0.6 is 11.6 Å². The van der Waals surface area contributed by atoms with Gasteiger partial charge in [-0.25, -0.2) is 0 Å². The lowest BCUT2D eigenvalue weighted by Crippen LogP contribution is -2.23. The van der Waals surface area contributed by atoms with Crippen LogP contribution < -0.4 is 5.32 Å². The summed E-state index contributed by atoms with van der Waals surface area (Å²) in [5.74, 6) is 0.692. The van der Waals surface area contributed by atoms with Crippen molar-refractivity contribution in [3.8, 4) is 0 Å². The predicted molar refractivity (Wildman–Crippen MR) is 67.1 cm³/mol. The number of rotatable bonds is 5. The standard InChI is InChI=1S/C12H14ClN3O2/c1-9-11(13)8-16(15-9)5-4-12(17)14-7-10-3-2-6-18-10/h2-3,6,8H,4-5,7H2,1H3,(H,14,17). The molecule has 2 rings (SSSR count). The Kier molecular flexibility index (Phi) is 4.04. The molecule has 6 heteroatoms. The van der Waals surface area contributed by atoms with Crippen molar-refractivity contribution < 1.29 is 9.21 Å². The first-order valence-corrected chi connectivity index (χ1v) is 6.01. The van der Waals surface area contributed by atoms with Crippen LogP contribution in [0, 0.1) is 6.92 Å². The van der Waals surface area contributed by atoms with Crippen LogP contribution in [0.25, 0.3) is 0 Å². The second-order valence-electron chi connectivity index (χ2n) is 3.93. The molecule has 2 heterocycles. The molecule has 1 N–H and O–H groups in total. The first kappa shape index (κ1) is 12.7. The summed E-state index contributed by atoms with van der Waals surface area (Å²) in [6.45, 7) is 2.75. The molecule has 0 aliphatic heterocycles. The number of nitrogens with zero attached hydrogens (tertiary/aromatic N) is 2.